The first-order valence-electron chi connectivity index (χ1n) is 6.20. The highest BCUT2D eigenvalue weighted by molar-refractivity contribution is 4.84. The number of likely N-dealkylation sites (tertiary alicyclic amines) is 1. The van der Waals surface area contributed by atoms with E-state index in [1.807, 2.05) is 0 Å². The van der Waals surface area contributed by atoms with Crippen molar-refractivity contribution in [2.75, 3.05) is 13.1 Å². The van der Waals surface area contributed by atoms with Gasteiger partial charge in [0, 0.05) is 12.6 Å². The third kappa shape index (κ3) is 3.58. The summed E-state index contributed by atoms with van der Waals surface area (Å²) in [6.07, 6.45) is 7.33. The molecule has 0 unspecified atom stereocenters. The fourth-order valence-electron chi connectivity index (χ4n) is 2.33. The summed E-state index contributed by atoms with van der Waals surface area (Å²) in [5.41, 5.74) is 0. The molecular weight excluding hydrogens is 174 g/mol. The lowest BCUT2D eigenvalue weighted by Crippen LogP contribution is -2.30. The first kappa shape index (κ1) is 12.0. The molecule has 0 aromatic carbocycles. The van der Waals surface area contributed by atoms with E-state index in [2.05, 4.69) is 18.7 Å². The van der Waals surface area contributed by atoms with Crippen LogP contribution in [-0.2, 0) is 0 Å². The number of nitrogens with zero attached hydrogens (tertiary/aromatic N) is 1. The Hall–Kier alpha value is -0.0800. The highest BCUT2D eigenvalue weighted by Crippen LogP contribution is 2.22. The molecule has 2 atom stereocenters. The monoisotopic (exact) mass is 199 g/mol. The molecule has 0 radical (unpaired) electrons. The Labute approximate surface area is 88.3 Å². The summed E-state index contributed by atoms with van der Waals surface area (Å²) < 4.78 is 0. The first-order valence-corrected chi connectivity index (χ1v) is 6.20. The predicted octanol–water partition coefficient (Wildman–Crippen LogP) is 2.41. The number of hydrogen-bond acceptors (Lipinski definition) is 2. The van der Waals surface area contributed by atoms with Crippen LogP contribution in [0.2, 0.25) is 0 Å². The van der Waals surface area contributed by atoms with Gasteiger partial charge in [0.25, 0.3) is 0 Å². The van der Waals surface area contributed by atoms with Crippen molar-refractivity contribution >= 4 is 0 Å². The van der Waals surface area contributed by atoms with Crippen LogP contribution in [0.25, 0.3) is 0 Å². The largest absolute Gasteiger partial charge is 0.392 e. The topological polar surface area (TPSA) is 23.5 Å². The molecule has 0 amide bonds. The minimum Gasteiger partial charge on any atom is -0.392 e. The summed E-state index contributed by atoms with van der Waals surface area (Å²) in [5, 5.41) is 9.63. The van der Waals surface area contributed by atoms with Crippen LogP contribution < -0.4 is 0 Å². The zero-order valence-electron chi connectivity index (χ0n) is 9.71. The first-order chi connectivity index (χ1) is 6.77. The molecule has 2 nitrogen and oxygen atoms in total. The standard InChI is InChI=1S/C12H25NO/c1-3-5-7-11-9-12(14)10-13(11)8-6-4-2/h11-12,14H,3-10H2,1-2H3/t11-,12+/m0/s1. The molecule has 1 saturated heterocycles. The van der Waals surface area contributed by atoms with Crippen molar-refractivity contribution in [1.29, 1.82) is 0 Å². The number of rotatable bonds is 6. The van der Waals surface area contributed by atoms with Crippen LogP contribution in [0.15, 0.2) is 0 Å². The highest BCUT2D eigenvalue weighted by Gasteiger charge is 2.29. The molecular formula is C12H25NO. The fourth-order valence-corrected chi connectivity index (χ4v) is 2.33. The summed E-state index contributed by atoms with van der Waals surface area (Å²) in [4.78, 5) is 2.49. The van der Waals surface area contributed by atoms with E-state index in [4.69, 9.17) is 0 Å². The van der Waals surface area contributed by atoms with E-state index in [0.717, 1.165) is 13.0 Å². The molecule has 1 N–H and O–H groups in total. The Morgan fingerprint density at radius 2 is 1.93 bits per heavy atom. The molecule has 1 aliphatic rings. The molecule has 0 spiro atoms. The van der Waals surface area contributed by atoms with Crippen molar-refractivity contribution in [1.82, 2.24) is 4.90 Å². The number of aliphatic hydroxyl groups excluding tert-OH is 1. The lowest BCUT2D eigenvalue weighted by atomic mass is 10.1. The average molecular weight is 199 g/mol. The van der Waals surface area contributed by atoms with E-state index in [1.54, 1.807) is 0 Å². The number of aliphatic hydroxyl groups is 1. The Morgan fingerprint density at radius 3 is 2.57 bits per heavy atom. The molecule has 14 heavy (non-hydrogen) atoms. The highest BCUT2D eigenvalue weighted by atomic mass is 16.3. The van der Waals surface area contributed by atoms with Gasteiger partial charge in [-0.1, -0.05) is 33.1 Å². The maximum Gasteiger partial charge on any atom is 0.0682 e. The Balaban J connectivity index is 2.29. The van der Waals surface area contributed by atoms with Gasteiger partial charge in [0.1, 0.15) is 0 Å². The third-order valence-electron chi connectivity index (χ3n) is 3.20. The summed E-state index contributed by atoms with van der Waals surface area (Å²) >= 11 is 0. The van der Waals surface area contributed by atoms with Crippen molar-refractivity contribution in [2.45, 2.75) is 64.5 Å². The second kappa shape index (κ2) is 6.41. The molecule has 84 valence electrons. The zero-order chi connectivity index (χ0) is 10.4. The van der Waals surface area contributed by atoms with E-state index >= 15 is 0 Å². The van der Waals surface area contributed by atoms with Crippen LogP contribution in [-0.4, -0.2) is 35.2 Å². The average Bonchev–Trinajstić information content (AvgIpc) is 2.52. The van der Waals surface area contributed by atoms with Gasteiger partial charge in [0.15, 0.2) is 0 Å². The van der Waals surface area contributed by atoms with E-state index in [-0.39, 0.29) is 6.10 Å². The fraction of sp³-hybridized carbons (Fsp3) is 1.00. The van der Waals surface area contributed by atoms with E-state index in [1.165, 1.54) is 38.6 Å². The lowest BCUT2D eigenvalue weighted by molar-refractivity contribution is 0.174. The van der Waals surface area contributed by atoms with E-state index in [0.29, 0.717) is 6.04 Å². The van der Waals surface area contributed by atoms with Crippen LogP contribution in [0.5, 0.6) is 0 Å². The van der Waals surface area contributed by atoms with Gasteiger partial charge >= 0.3 is 0 Å². The molecule has 1 rings (SSSR count). The second-order valence-corrected chi connectivity index (χ2v) is 4.53. The van der Waals surface area contributed by atoms with Crippen molar-refractivity contribution in [3.8, 4) is 0 Å². The van der Waals surface area contributed by atoms with Crippen LogP contribution in [0, 0.1) is 0 Å². The SMILES string of the molecule is CCCC[C@H]1C[C@@H](O)CN1CCCC. The molecule has 1 aliphatic heterocycles. The zero-order valence-corrected chi connectivity index (χ0v) is 9.71. The van der Waals surface area contributed by atoms with Crippen molar-refractivity contribution in [2.24, 2.45) is 0 Å². The normalized spacial score (nSPS) is 28.5. The quantitative estimate of drug-likeness (QED) is 0.710. The molecule has 1 fully saturated rings. The summed E-state index contributed by atoms with van der Waals surface area (Å²) in [6.45, 7) is 6.56. The number of unbranched alkanes of at least 4 members (excludes halogenated alkanes) is 2. The Kier molecular flexibility index (Phi) is 5.49. The van der Waals surface area contributed by atoms with Gasteiger partial charge in [-0.3, -0.25) is 4.90 Å². The minimum absolute atomic E-state index is 0.0614. The predicted molar refractivity (Wildman–Crippen MR) is 60.4 cm³/mol. The van der Waals surface area contributed by atoms with Crippen molar-refractivity contribution < 1.29 is 5.11 Å². The van der Waals surface area contributed by atoms with Gasteiger partial charge in [-0.05, 0) is 25.8 Å². The van der Waals surface area contributed by atoms with Gasteiger partial charge in [-0.2, -0.15) is 0 Å². The van der Waals surface area contributed by atoms with E-state index < -0.39 is 0 Å². The van der Waals surface area contributed by atoms with E-state index in [9.17, 15) is 5.11 Å². The van der Waals surface area contributed by atoms with Crippen LogP contribution in [0.3, 0.4) is 0 Å². The molecule has 2 heteroatoms. The number of β-amino-alcohol motifs (C(OH)–C–C–N with tert-alkyl or cyclic N) is 1. The second-order valence-electron chi connectivity index (χ2n) is 4.53. The maximum absolute atomic E-state index is 9.63. The Bertz CT molecular complexity index is 133. The van der Waals surface area contributed by atoms with Crippen LogP contribution >= 0.6 is 0 Å². The Morgan fingerprint density at radius 1 is 1.21 bits per heavy atom. The van der Waals surface area contributed by atoms with Gasteiger partial charge in [-0.15, -0.1) is 0 Å². The third-order valence-corrected chi connectivity index (χ3v) is 3.20. The summed E-state index contributed by atoms with van der Waals surface area (Å²) in [7, 11) is 0. The summed E-state index contributed by atoms with van der Waals surface area (Å²) in [5.74, 6) is 0. The van der Waals surface area contributed by atoms with Gasteiger partial charge in [0.2, 0.25) is 0 Å². The van der Waals surface area contributed by atoms with Crippen molar-refractivity contribution in [3.63, 3.8) is 0 Å². The molecule has 0 bridgehead atoms. The maximum atomic E-state index is 9.63. The minimum atomic E-state index is -0.0614. The van der Waals surface area contributed by atoms with Crippen LogP contribution in [0.1, 0.15) is 52.4 Å². The van der Waals surface area contributed by atoms with Gasteiger partial charge < -0.3 is 5.11 Å². The lowest BCUT2D eigenvalue weighted by Gasteiger charge is -2.23. The molecule has 0 saturated carbocycles. The van der Waals surface area contributed by atoms with Gasteiger partial charge in [-0.25, -0.2) is 0 Å². The number of hydrogen-bond donors (Lipinski definition) is 1. The van der Waals surface area contributed by atoms with Crippen molar-refractivity contribution in [3.05, 3.63) is 0 Å². The molecule has 0 aromatic rings. The molecule has 1 heterocycles. The smallest absolute Gasteiger partial charge is 0.0682 e. The molecule has 0 aromatic heterocycles. The summed E-state index contributed by atoms with van der Waals surface area (Å²) in [6, 6.07) is 0.663. The molecule has 0 aliphatic carbocycles. The van der Waals surface area contributed by atoms with Crippen LogP contribution in [0.4, 0.5) is 0 Å². The van der Waals surface area contributed by atoms with Gasteiger partial charge in [0.05, 0.1) is 6.10 Å².